The van der Waals surface area contributed by atoms with Crippen LogP contribution in [0.25, 0.3) is 0 Å². The van der Waals surface area contributed by atoms with Crippen LogP contribution >= 0.6 is 11.6 Å². The SMILES string of the molecule is ClC1CCCC(CNCC2CCCc3ccccc32)C1. The second-order valence-electron chi connectivity index (χ2n) is 6.58. The van der Waals surface area contributed by atoms with E-state index in [4.69, 9.17) is 11.6 Å². The molecule has 0 radical (unpaired) electrons. The van der Waals surface area contributed by atoms with E-state index in [0.29, 0.717) is 5.38 Å². The zero-order chi connectivity index (χ0) is 13.8. The fourth-order valence-electron chi connectivity index (χ4n) is 3.94. The molecule has 0 amide bonds. The number of fused-ring (bicyclic) bond motifs is 1. The first-order valence-corrected chi connectivity index (χ1v) is 8.69. The van der Waals surface area contributed by atoms with E-state index in [-0.39, 0.29) is 0 Å². The maximum Gasteiger partial charge on any atom is 0.0339 e. The second-order valence-corrected chi connectivity index (χ2v) is 7.19. The molecule has 0 aromatic heterocycles. The smallest absolute Gasteiger partial charge is 0.0339 e. The summed E-state index contributed by atoms with van der Waals surface area (Å²) < 4.78 is 0. The molecule has 3 unspecified atom stereocenters. The van der Waals surface area contributed by atoms with E-state index in [1.807, 2.05) is 0 Å². The number of hydrogen-bond acceptors (Lipinski definition) is 1. The molecule has 0 aliphatic heterocycles. The Hall–Kier alpha value is -0.530. The van der Waals surface area contributed by atoms with Crippen LogP contribution in [0.1, 0.15) is 55.6 Å². The molecular formula is C18H26ClN. The van der Waals surface area contributed by atoms with Crippen LogP contribution in [-0.2, 0) is 6.42 Å². The number of rotatable bonds is 4. The summed E-state index contributed by atoms with van der Waals surface area (Å²) in [5.74, 6) is 1.51. The Balaban J connectivity index is 1.49. The van der Waals surface area contributed by atoms with Gasteiger partial charge in [0.1, 0.15) is 0 Å². The highest BCUT2D eigenvalue weighted by molar-refractivity contribution is 6.20. The molecule has 3 rings (SSSR count). The number of alkyl halides is 1. The van der Waals surface area contributed by atoms with Crippen molar-refractivity contribution in [2.75, 3.05) is 13.1 Å². The minimum Gasteiger partial charge on any atom is -0.316 e. The molecule has 1 N–H and O–H groups in total. The Morgan fingerprint density at radius 1 is 1.05 bits per heavy atom. The number of hydrogen-bond donors (Lipinski definition) is 1. The summed E-state index contributed by atoms with van der Waals surface area (Å²) in [6.07, 6.45) is 9.04. The van der Waals surface area contributed by atoms with Crippen molar-refractivity contribution in [3.05, 3.63) is 35.4 Å². The van der Waals surface area contributed by atoms with Gasteiger partial charge in [-0.05, 0) is 68.0 Å². The zero-order valence-corrected chi connectivity index (χ0v) is 13.0. The lowest BCUT2D eigenvalue weighted by atomic mass is 9.82. The van der Waals surface area contributed by atoms with Crippen molar-refractivity contribution in [3.8, 4) is 0 Å². The van der Waals surface area contributed by atoms with E-state index >= 15 is 0 Å². The van der Waals surface area contributed by atoms with E-state index in [9.17, 15) is 0 Å². The van der Waals surface area contributed by atoms with Crippen molar-refractivity contribution in [2.45, 2.75) is 56.2 Å². The van der Waals surface area contributed by atoms with Crippen molar-refractivity contribution < 1.29 is 0 Å². The molecule has 20 heavy (non-hydrogen) atoms. The summed E-state index contributed by atoms with van der Waals surface area (Å²) in [4.78, 5) is 0. The molecular weight excluding hydrogens is 266 g/mol. The van der Waals surface area contributed by atoms with Gasteiger partial charge in [-0.1, -0.05) is 30.7 Å². The lowest BCUT2D eigenvalue weighted by Crippen LogP contribution is -2.31. The summed E-state index contributed by atoms with van der Waals surface area (Å²) in [6, 6.07) is 9.00. The third kappa shape index (κ3) is 3.56. The van der Waals surface area contributed by atoms with E-state index < -0.39 is 0 Å². The Morgan fingerprint density at radius 3 is 2.85 bits per heavy atom. The highest BCUT2D eigenvalue weighted by Gasteiger charge is 2.22. The first-order valence-electron chi connectivity index (χ1n) is 8.25. The molecule has 1 nitrogen and oxygen atoms in total. The van der Waals surface area contributed by atoms with Gasteiger partial charge in [-0.2, -0.15) is 0 Å². The van der Waals surface area contributed by atoms with Crippen molar-refractivity contribution in [1.29, 1.82) is 0 Å². The molecule has 2 heteroatoms. The molecule has 110 valence electrons. The van der Waals surface area contributed by atoms with Gasteiger partial charge in [-0.15, -0.1) is 11.6 Å². The monoisotopic (exact) mass is 291 g/mol. The Kier molecular flexibility index (Phi) is 5.01. The summed E-state index contributed by atoms with van der Waals surface area (Å²) in [5, 5.41) is 4.15. The fourth-order valence-corrected chi connectivity index (χ4v) is 4.35. The molecule has 0 heterocycles. The molecule has 2 aliphatic rings. The van der Waals surface area contributed by atoms with Crippen LogP contribution in [0.5, 0.6) is 0 Å². The van der Waals surface area contributed by atoms with E-state index in [1.165, 1.54) is 44.9 Å². The van der Waals surface area contributed by atoms with Gasteiger partial charge in [-0.25, -0.2) is 0 Å². The van der Waals surface area contributed by atoms with Crippen LogP contribution in [0, 0.1) is 5.92 Å². The summed E-state index contributed by atoms with van der Waals surface area (Å²) >= 11 is 6.28. The van der Waals surface area contributed by atoms with Crippen LogP contribution in [0.2, 0.25) is 0 Å². The van der Waals surface area contributed by atoms with Crippen LogP contribution in [0.4, 0.5) is 0 Å². The predicted molar refractivity (Wildman–Crippen MR) is 86.6 cm³/mol. The van der Waals surface area contributed by atoms with E-state index in [0.717, 1.165) is 24.9 Å². The van der Waals surface area contributed by atoms with Gasteiger partial charge >= 0.3 is 0 Å². The van der Waals surface area contributed by atoms with Gasteiger partial charge in [0.15, 0.2) is 0 Å². The molecule has 0 spiro atoms. The van der Waals surface area contributed by atoms with Crippen LogP contribution in [-0.4, -0.2) is 18.5 Å². The van der Waals surface area contributed by atoms with Gasteiger partial charge < -0.3 is 5.32 Å². The molecule has 1 aromatic carbocycles. The molecule has 2 aliphatic carbocycles. The van der Waals surface area contributed by atoms with Crippen LogP contribution in [0.15, 0.2) is 24.3 Å². The fraction of sp³-hybridized carbons (Fsp3) is 0.667. The maximum atomic E-state index is 6.28. The highest BCUT2D eigenvalue weighted by Crippen LogP contribution is 2.31. The van der Waals surface area contributed by atoms with E-state index in [2.05, 4.69) is 29.6 Å². The second kappa shape index (κ2) is 6.95. The molecule has 3 atom stereocenters. The predicted octanol–water partition coefficient (Wildman–Crippen LogP) is 4.49. The Labute approximate surface area is 128 Å². The van der Waals surface area contributed by atoms with Gasteiger partial charge in [0.25, 0.3) is 0 Å². The first kappa shape index (κ1) is 14.4. The normalized spacial score (nSPS) is 29.9. The lowest BCUT2D eigenvalue weighted by Gasteiger charge is -2.28. The van der Waals surface area contributed by atoms with Crippen LogP contribution in [0.3, 0.4) is 0 Å². The number of aryl methyl sites for hydroxylation is 1. The molecule has 0 saturated heterocycles. The Bertz CT molecular complexity index is 431. The minimum absolute atomic E-state index is 0.422. The lowest BCUT2D eigenvalue weighted by molar-refractivity contribution is 0.341. The Morgan fingerprint density at radius 2 is 1.95 bits per heavy atom. The van der Waals surface area contributed by atoms with Crippen molar-refractivity contribution in [2.24, 2.45) is 5.92 Å². The maximum absolute atomic E-state index is 6.28. The standard InChI is InChI=1S/C18H26ClN/c19-17-9-3-5-14(11-17)12-20-13-16-8-4-7-15-6-1-2-10-18(15)16/h1-2,6,10,14,16-17,20H,3-5,7-9,11-13H2. The van der Waals surface area contributed by atoms with Crippen molar-refractivity contribution in [3.63, 3.8) is 0 Å². The number of nitrogens with one attached hydrogen (secondary N) is 1. The average Bonchev–Trinajstić information content (AvgIpc) is 2.48. The zero-order valence-electron chi connectivity index (χ0n) is 12.3. The number of benzene rings is 1. The van der Waals surface area contributed by atoms with E-state index in [1.54, 1.807) is 11.1 Å². The summed E-state index contributed by atoms with van der Waals surface area (Å²) in [6.45, 7) is 2.29. The molecule has 0 bridgehead atoms. The van der Waals surface area contributed by atoms with Gasteiger partial charge in [-0.3, -0.25) is 0 Å². The van der Waals surface area contributed by atoms with Crippen molar-refractivity contribution in [1.82, 2.24) is 5.32 Å². The quantitative estimate of drug-likeness (QED) is 0.806. The minimum atomic E-state index is 0.422. The number of halogens is 1. The first-order chi connectivity index (χ1) is 9.83. The largest absolute Gasteiger partial charge is 0.316 e. The highest BCUT2D eigenvalue weighted by atomic mass is 35.5. The third-order valence-corrected chi connectivity index (χ3v) is 5.43. The van der Waals surface area contributed by atoms with Crippen molar-refractivity contribution >= 4 is 11.6 Å². The third-order valence-electron chi connectivity index (χ3n) is 5.04. The van der Waals surface area contributed by atoms with Gasteiger partial charge in [0.05, 0.1) is 0 Å². The topological polar surface area (TPSA) is 12.0 Å². The average molecular weight is 292 g/mol. The van der Waals surface area contributed by atoms with Gasteiger partial charge in [0, 0.05) is 11.9 Å². The molecule has 1 saturated carbocycles. The summed E-state index contributed by atoms with van der Waals surface area (Å²) in [7, 11) is 0. The van der Waals surface area contributed by atoms with Crippen LogP contribution < -0.4 is 5.32 Å². The van der Waals surface area contributed by atoms with Gasteiger partial charge in [0.2, 0.25) is 0 Å². The molecule has 1 fully saturated rings. The summed E-state index contributed by atoms with van der Waals surface area (Å²) in [5.41, 5.74) is 3.16. The molecule has 1 aromatic rings.